The third kappa shape index (κ3) is 3.41. The van der Waals surface area contributed by atoms with E-state index in [1.165, 1.54) is 7.11 Å². The Kier molecular flexibility index (Phi) is 5.29. The molecule has 0 aliphatic carbocycles. The number of methoxy groups -OCH3 is 1. The summed E-state index contributed by atoms with van der Waals surface area (Å²) in [6, 6.07) is 4.62. The lowest BCUT2D eigenvalue weighted by Crippen LogP contribution is -2.51. The molecule has 2 rings (SSSR count). The topological polar surface area (TPSA) is 72.6 Å². The van der Waals surface area contributed by atoms with Gasteiger partial charge in [-0.2, -0.15) is 4.31 Å². The summed E-state index contributed by atoms with van der Waals surface area (Å²) in [6.45, 7) is 2.37. The van der Waals surface area contributed by atoms with Gasteiger partial charge in [-0.15, -0.1) is 0 Å². The van der Waals surface area contributed by atoms with Crippen LogP contribution in [-0.4, -0.2) is 38.5 Å². The Balaban J connectivity index is 2.45. The molecule has 0 spiro atoms. The third-order valence-corrected chi connectivity index (χ3v) is 6.75. The van der Waals surface area contributed by atoms with Gasteiger partial charge >= 0.3 is 0 Å². The summed E-state index contributed by atoms with van der Waals surface area (Å²) in [7, 11) is -2.07. The van der Waals surface area contributed by atoms with Crippen molar-refractivity contribution in [3.63, 3.8) is 0 Å². The molecular formula is C14H21BrN2O3S. The third-order valence-electron chi connectivity index (χ3n) is 3.83. The maximum Gasteiger partial charge on any atom is 0.244 e. The molecule has 1 heterocycles. The fourth-order valence-corrected chi connectivity index (χ4v) is 5.41. The number of rotatable bonds is 4. The van der Waals surface area contributed by atoms with Crippen molar-refractivity contribution in [1.82, 2.24) is 4.31 Å². The SMILES string of the molecule is COc1ccc(Br)c(S(=O)(=O)N2CCCC[C@H]2[C@@H](C)N)c1. The molecule has 1 aromatic carbocycles. The van der Waals surface area contributed by atoms with Gasteiger partial charge in [0.2, 0.25) is 10.0 Å². The Hall–Kier alpha value is -0.630. The summed E-state index contributed by atoms with van der Waals surface area (Å²) in [5.41, 5.74) is 5.98. The highest BCUT2D eigenvalue weighted by atomic mass is 79.9. The zero-order valence-electron chi connectivity index (χ0n) is 12.3. The molecule has 2 atom stereocenters. The second kappa shape index (κ2) is 6.64. The molecule has 1 saturated heterocycles. The number of nitrogens with zero attached hydrogens (tertiary/aromatic N) is 1. The highest BCUT2D eigenvalue weighted by Gasteiger charge is 2.36. The summed E-state index contributed by atoms with van der Waals surface area (Å²) in [4.78, 5) is 0.231. The van der Waals surface area contributed by atoms with Crippen LogP contribution in [0.15, 0.2) is 27.6 Å². The van der Waals surface area contributed by atoms with E-state index in [1.807, 2.05) is 6.92 Å². The second-order valence-corrected chi connectivity index (χ2v) is 8.05. The molecule has 0 unspecified atom stereocenters. The van der Waals surface area contributed by atoms with Crippen LogP contribution < -0.4 is 10.5 Å². The van der Waals surface area contributed by atoms with Crippen molar-refractivity contribution in [2.75, 3.05) is 13.7 Å². The fourth-order valence-electron chi connectivity index (χ4n) is 2.69. The number of sulfonamides is 1. The van der Waals surface area contributed by atoms with E-state index in [4.69, 9.17) is 10.5 Å². The Labute approximate surface area is 134 Å². The van der Waals surface area contributed by atoms with Crippen LogP contribution >= 0.6 is 15.9 Å². The van der Waals surface area contributed by atoms with Gasteiger partial charge in [0, 0.05) is 29.2 Å². The van der Waals surface area contributed by atoms with E-state index in [0.29, 0.717) is 16.8 Å². The molecular weight excluding hydrogens is 356 g/mol. The minimum Gasteiger partial charge on any atom is -0.497 e. The van der Waals surface area contributed by atoms with Crippen molar-refractivity contribution in [2.24, 2.45) is 5.73 Å². The lowest BCUT2D eigenvalue weighted by atomic mass is 10.00. The molecule has 2 N–H and O–H groups in total. The molecule has 118 valence electrons. The maximum atomic E-state index is 13.0. The number of nitrogens with two attached hydrogens (primary N) is 1. The first kappa shape index (κ1) is 16.7. The molecule has 21 heavy (non-hydrogen) atoms. The van der Waals surface area contributed by atoms with Crippen molar-refractivity contribution >= 4 is 26.0 Å². The quantitative estimate of drug-likeness (QED) is 0.874. The van der Waals surface area contributed by atoms with Gasteiger partial charge in [-0.25, -0.2) is 8.42 Å². The summed E-state index contributed by atoms with van der Waals surface area (Å²) in [5, 5.41) is 0. The van der Waals surface area contributed by atoms with Crippen molar-refractivity contribution in [1.29, 1.82) is 0 Å². The van der Waals surface area contributed by atoms with Crippen LogP contribution in [0.25, 0.3) is 0 Å². The lowest BCUT2D eigenvalue weighted by Gasteiger charge is -2.37. The number of hydrogen-bond acceptors (Lipinski definition) is 4. The largest absolute Gasteiger partial charge is 0.497 e. The zero-order valence-corrected chi connectivity index (χ0v) is 14.7. The molecule has 0 aromatic heterocycles. The lowest BCUT2D eigenvalue weighted by molar-refractivity contribution is 0.227. The van der Waals surface area contributed by atoms with Gasteiger partial charge in [0.1, 0.15) is 10.6 Å². The van der Waals surface area contributed by atoms with E-state index in [0.717, 1.165) is 19.3 Å². The predicted molar refractivity (Wildman–Crippen MR) is 85.9 cm³/mol. The first-order valence-electron chi connectivity index (χ1n) is 6.99. The number of halogens is 1. The Morgan fingerprint density at radius 3 is 2.76 bits per heavy atom. The van der Waals surface area contributed by atoms with Crippen LogP contribution in [0.5, 0.6) is 5.75 Å². The molecule has 0 amide bonds. The minimum atomic E-state index is -3.59. The average Bonchev–Trinajstić information content (AvgIpc) is 2.47. The standard InChI is InChI=1S/C14H21BrN2O3S/c1-10(16)13-5-3-4-8-17(13)21(18,19)14-9-11(20-2)6-7-12(14)15/h6-7,9-10,13H,3-5,8,16H2,1-2H3/t10-,13+/m1/s1. The molecule has 5 nitrogen and oxygen atoms in total. The van der Waals surface area contributed by atoms with Gasteiger partial charge in [0.15, 0.2) is 0 Å². The van der Waals surface area contributed by atoms with Crippen LogP contribution in [0.3, 0.4) is 0 Å². The van der Waals surface area contributed by atoms with E-state index in [-0.39, 0.29) is 17.0 Å². The molecule has 1 aliphatic heterocycles. The van der Waals surface area contributed by atoms with Crippen LogP contribution in [0.2, 0.25) is 0 Å². The molecule has 0 saturated carbocycles. The highest BCUT2D eigenvalue weighted by Crippen LogP contribution is 2.32. The molecule has 0 radical (unpaired) electrons. The zero-order chi connectivity index (χ0) is 15.6. The highest BCUT2D eigenvalue weighted by molar-refractivity contribution is 9.10. The van der Waals surface area contributed by atoms with Gasteiger partial charge in [0.05, 0.1) is 7.11 Å². The van der Waals surface area contributed by atoms with Crippen LogP contribution in [0, 0.1) is 0 Å². The van der Waals surface area contributed by atoms with Crippen LogP contribution in [-0.2, 0) is 10.0 Å². The molecule has 0 bridgehead atoms. The van der Waals surface area contributed by atoms with Crippen molar-refractivity contribution in [3.05, 3.63) is 22.7 Å². The Morgan fingerprint density at radius 1 is 1.43 bits per heavy atom. The Bertz CT molecular complexity index is 604. The maximum absolute atomic E-state index is 13.0. The normalized spacial score (nSPS) is 22.0. The number of piperidine rings is 1. The van der Waals surface area contributed by atoms with E-state index in [1.54, 1.807) is 22.5 Å². The number of benzene rings is 1. The number of hydrogen-bond donors (Lipinski definition) is 1. The summed E-state index contributed by atoms with van der Waals surface area (Å²) in [5.74, 6) is 0.520. The monoisotopic (exact) mass is 376 g/mol. The van der Waals surface area contributed by atoms with E-state index in [9.17, 15) is 8.42 Å². The van der Waals surface area contributed by atoms with E-state index < -0.39 is 10.0 Å². The summed E-state index contributed by atoms with van der Waals surface area (Å²) in [6.07, 6.45) is 2.68. The van der Waals surface area contributed by atoms with Crippen LogP contribution in [0.1, 0.15) is 26.2 Å². The predicted octanol–water partition coefficient (Wildman–Crippen LogP) is 2.35. The van der Waals surface area contributed by atoms with Crippen molar-refractivity contribution in [2.45, 2.75) is 43.2 Å². The fraction of sp³-hybridized carbons (Fsp3) is 0.571. The average molecular weight is 377 g/mol. The second-order valence-electron chi connectivity index (χ2n) is 5.33. The van der Waals surface area contributed by atoms with Crippen LogP contribution in [0.4, 0.5) is 0 Å². The van der Waals surface area contributed by atoms with Gasteiger partial charge in [-0.3, -0.25) is 0 Å². The van der Waals surface area contributed by atoms with E-state index >= 15 is 0 Å². The van der Waals surface area contributed by atoms with Gasteiger partial charge in [0.25, 0.3) is 0 Å². The van der Waals surface area contributed by atoms with Gasteiger partial charge < -0.3 is 10.5 Å². The summed E-state index contributed by atoms with van der Waals surface area (Å²) < 4.78 is 33.2. The molecule has 1 aromatic rings. The Morgan fingerprint density at radius 2 is 2.14 bits per heavy atom. The number of ether oxygens (including phenoxy) is 1. The van der Waals surface area contributed by atoms with E-state index in [2.05, 4.69) is 15.9 Å². The first-order chi connectivity index (χ1) is 9.87. The summed E-state index contributed by atoms with van der Waals surface area (Å²) >= 11 is 3.33. The smallest absolute Gasteiger partial charge is 0.244 e. The van der Waals surface area contributed by atoms with Gasteiger partial charge in [-0.05, 0) is 47.8 Å². The van der Waals surface area contributed by atoms with Crippen molar-refractivity contribution in [3.8, 4) is 5.75 Å². The molecule has 1 aliphatic rings. The van der Waals surface area contributed by atoms with Crippen molar-refractivity contribution < 1.29 is 13.2 Å². The first-order valence-corrected chi connectivity index (χ1v) is 9.22. The molecule has 1 fully saturated rings. The minimum absolute atomic E-state index is 0.151. The molecule has 7 heteroatoms. The van der Waals surface area contributed by atoms with Gasteiger partial charge in [-0.1, -0.05) is 6.42 Å².